The van der Waals surface area contributed by atoms with Gasteiger partial charge in [0.2, 0.25) is 15.9 Å². The fourth-order valence-electron chi connectivity index (χ4n) is 2.87. The molecular formula is C20H25FN2O3S. The molecule has 0 aromatic heterocycles. The van der Waals surface area contributed by atoms with Crippen LogP contribution in [0.4, 0.5) is 4.39 Å². The molecule has 2 rings (SSSR count). The van der Waals surface area contributed by atoms with Crippen molar-refractivity contribution in [3.63, 3.8) is 0 Å². The van der Waals surface area contributed by atoms with Crippen LogP contribution in [0.3, 0.4) is 0 Å². The predicted molar refractivity (Wildman–Crippen MR) is 103 cm³/mol. The molecule has 5 nitrogen and oxygen atoms in total. The summed E-state index contributed by atoms with van der Waals surface area (Å²) in [6.07, 6.45) is 0. The smallest absolute Gasteiger partial charge is 0.241 e. The lowest BCUT2D eigenvalue weighted by molar-refractivity contribution is -0.122. The summed E-state index contributed by atoms with van der Waals surface area (Å²) in [7, 11) is -3.86. The minimum absolute atomic E-state index is 0.187. The third-order valence-electron chi connectivity index (χ3n) is 4.67. The second-order valence-corrected chi connectivity index (χ2v) is 8.43. The Balaban J connectivity index is 2.13. The van der Waals surface area contributed by atoms with E-state index >= 15 is 0 Å². The topological polar surface area (TPSA) is 75.3 Å². The monoisotopic (exact) mass is 392 g/mol. The maximum Gasteiger partial charge on any atom is 0.241 e. The van der Waals surface area contributed by atoms with Gasteiger partial charge in [0.15, 0.2) is 0 Å². The second-order valence-electron chi connectivity index (χ2n) is 6.78. The fourth-order valence-corrected chi connectivity index (χ4v) is 4.69. The summed E-state index contributed by atoms with van der Waals surface area (Å²) in [4.78, 5) is 12.5. The predicted octanol–water partition coefficient (Wildman–Crippen LogP) is 3.04. The van der Waals surface area contributed by atoms with Crippen LogP contribution in [0.1, 0.15) is 34.7 Å². The van der Waals surface area contributed by atoms with Gasteiger partial charge >= 0.3 is 0 Å². The van der Waals surface area contributed by atoms with Crippen molar-refractivity contribution in [1.82, 2.24) is 10.0 Å². The third kappa shape index (κ3) is 4.93. The molecule has 27 heavy (non-hydrogen) atoms. The van der Waals surface area contributed by atoms with E-state index in [4.69, 9.17) is 0 Å². The van der Waals surface area contributed by atoms with Crippen LogP contribution in [0, 0.1) is 33.5 Å². The number of carbonyl (C=O) groups excluding carboxylic acids is 1. The number of benzene rings is 2. The Hall–Kier alpha value is -2.25. The molecule has 2 aromatic carbocycles. The minimum atomic E-state index is -3.86. The summed E-state index contributed by atoms with van der Waals surface area (Å²) in [5, 5.41) is 2.66. The molecule has 0 aliphatic carbocycles. The number of carbonyl (C=O) groups is 1. The van der Waals surface area contributed by atoms with Gasteiger partial charge in [-0.2, -0.15) is 4.72 Å². The first-order valence-corrected chi connectivity index (χ1v) is 10.1. The lowest BCUT2D eigenvalue weighted by Crippen LogP contribution is -2.44. The average molecular weight is 392 g/mol. The van der Waals surface area contributed by atoms with E-state index in [2.05, 4.69) is 10.0 Å². The number of halogens is 1. The molecular weight excluding hydrogens is 367 g/mol. The van der Waals surface area contributed by atoms with Crippen LogP contribution >= 0.6 is 0 Å². The normalized spacial score (nSPS) is 12.7. The van der Waals surface area contributed by atoms with Gasteiger partial charge in [-0.25, -0.2) is 12.8 Å². The first-order valence-electron chi connectivity index (χ1n) is 8.65. The van der Waals surface area contributed by atoms with Crippen molar-refractivity contribution in [2.75, 3.05) is 0 Å². The van der Waals surface area contributed by atoms with Crippen LogP contribution in [-0.4, -0.2) is 20.4 Å². The van der Waals surface area contributed by atoms with Crippen LogP contribution in [0.25, 0.3) is 0 Å². The van der Waals surface area contributed by atoms with Crippen molar-refractivity contribution in [3.05, 3.63) is 64.0 Å². The molecule has 2 N–H and O–H groups in total. The van der Waals surface area contributed by atoms with Crippen molar-refractivity contribution in [1.29, 1.82) is 0 Å². The average Bonchev–Trinajstić information content (AvgIpc) is 2.58. The zero-order chi connectivity index (χ0) is 20.4. The van der Waals surface area contributed by atoms with Gasteiger partial charge in [0.05, 0.1) is 10.9 Å². The highest BCUT2D eigenvalue weighted by Crippen LogP contribution is 2.26. The third-order valence-corrected chi connectivity index (χ3v) is 6.48. The Labute approximate surface area is 160 Å². The number of nitrogens with one attached hydrogen (secondary N) is 2. The van der Waals surface area contributed by atoms with Crippen molar-refractivity contribution in [3.8, 4) is 0 Å². The lowest BCUT2D eigenvalue weighted by atomic mass is 10.0. The zero-order valence-electron chi connectivity index (χ0n) is 16.2. The number of hydrogen-bond acceptors (Lipinski definition) is 3. The van der Waals surface area contributed by atoms with E-state index < -0.39 is 22.0 Å². The van der Waals surface area contributed by atoms with Crippen LogP contribution < -0.4 is 10.0 Å². The Morgan fingerprint density at radius 1 is 1.04 bits per heavy atom. The van der Waals surface area contributed by atoms with Gasteiger partial charge in [-0.05, 0) is 74.6 Å². The number of hydrogen-bond donors (Lipinski definition) is 2. The summed E-state index contributed by atoms with van der Waals surface area (Å²) in [5.41, 5.74) is 3.83. The summed E-state index contributed by atoms with van der Waals surface area (Å²) in [6, 6.07) is 6.73. The van der Waals surface area contributed by atoms with E-state index in [1.165, 1.54) is 19.1 Å². The molecule has 1 atom stereocenters. The Morgan fingerprint density at radius 2 is 1.56 bits per heavy atom. The highest BCUT2D eigenvalue weighted by Gasteiger charge is 2.26. The van der Waals surface area contributed by atoms with Crippen LogP contribution in [0.15, 0.2) is 35.2 Å². The summed E-state index contributed by atoms with van der Waals surface area (Å²) in [5.74, 6) is -0.812. The largest absolute Gasteiger partial charge is 0.351 e. The summed E-state index contributed by atoms with van der Waals surface area (Å²) < 4.78 is 41.1. The second kappa shape index (κ2) is 8.19. The van der Waals surface area contributed by atoms with E-state index in [0.29, 0.717) is 11.1 Å². The maximum absolute atomic E-state index is 12.9. The van der Waals surface area contributed by atoms with Crippen LogP contribution in [-0.2, 0) is 21.4 Å². The molecule has 0 aliphatic rings. The van der Waals surface area contributed by atoms with E-state index in [1.807, 2.05) is 19.9 Å². The van der Waals surface area contributed by atoms with Crippen molar-refractivity contribution >= 4 is 15.9 Å². The first kappa shape index (κ1) is 21.1. The maximum atomic E-state index is 12.9. The highest BCUT2D eigenvalue weighted by atomic mass is 32.2. The summed E-state index contributed by atoms with van der Waals surface area (Å²) >= 11 is 0. The number of rotatable bonds is 6. The van der Waals surface area contributed by atoms with Crippen molar-refractivity contribution in [2.45, 2.75) is 52.1 Å². The van der Waals surface area contributed by atoms with Gasteiger partial charge < -0.3 is 5.32 Å². The molecule has 0 radical (unpaired) electrons. The zero-order valence-corrected chi connectivity index (χ0v) is 17.0. The molecule has 146 valence electrons. The summed E-state index contributed by atoms with van der Waals surface area (Å²) in [6.45, 7) is 8.92. The quantitative estimate of drug-likeness (QED) is 0.793. The highest BCUT2D eigenvalue weighted by molar-refractivity contribution is 7.89. The molecule has 0 heterocycles. The van der Waals surface area contributed by atoms with Gasteiger partial charge in [0.1, 0.15) is 5.82 Å². The number of aryl methyl sites for hydroxylation is 2. The minimum Gasteiger partial charge on any atom is -0.351 e. The molecule has 0 fully saturated rings. The van der Waals surface area contributed by atoms with E-state index in [-0.39, 0.29) is 17.3 Å². The van der Waals surface area contributed by atoms with Gasteiger partial charge in [0, 0.05) is 6.54 Å². The van der Waals surface area contributed by atoms with E-state index in [9.17, 15) is 17.6 Å². The standard InChI is InChI=1S/C20H25FN2O3S/c1-12-10-13(2)15(4)19(14(12)3)27(25,26)23-16(5)20(24)22-11-17-6-8-18(21)9-7-17/h6-10,16,23H,11H2,1-5H3,(H,22,24)/t16-/m0/s1. The molecule has 7 heteroatoms. The van der Waals surface area contributed by atoms with Gasteiger partial charge in [-0.15, -0.1) is 0 Å². The van der Waals surface area contributed by atoms with Crippen LogP contribution in [0.2, 0.25) is 0 Å². The van der Waals surface area contributed by atoms with Crippen molar-refractivity contribution < 1.29 is 17.6 Å². The molecule has 0 saturated heterocycles. The Bertz CT molecular complexity index is 928. The lowest BCUT2D eigenvalue weighted by Gasteiger charge is -2.19. The number of amides is 1. The van der Waals surface area contributed by atoms with Crippen LogP contribution in [0.5, 0.6) is 0 Å². The van der Waals surface area contributed by atoms with Gasteiger partial charge in [-0.3, -0.25) is 4.79 Å². The van der Waals surface area contributed by atoms with Gasteiger partial charge in [-0.1, -0.05) is 18.2 Å². The molecule has 0 unspecified atom stereocenters. The van der Waals surface area contributed by atoms with E-state index in [0.717, 1.165) is 16.7 Å². The molecule has 0 aliphatic heterocycles. The molecule has 0 bridgehead atoms. The van der Waals surface area contributed by atoms with Gasteiger partial charge in [0.25, 0.3) is 0 Å². The first-order chi connectivity index (χ1) is 12.5. The molecule has 0 saturated carbocycles. The van der Waals surface area contributed by atoms with Crippen molar-refractivity contribution in [2.24, 2.45) is 0 Å². The van der Waals surface area contributed by atoms with E-state index in [1.54, 1.807) is 26.0 Å². The Kier molecular flexibility index (Phi) is 6.38. The SMILES string of the molecule is Cc1cc(C)c(C)c(S(=O)(=O)N[C@@H](C)C(=O)NCc2ccc(F)cc2)c1C. The molecule has 0 spiro atoms. The number of sulfonamides is 1. The molecule has 2 aromatic rings. The molecule has 1 amide bonds. The fraction of sp³-hybridized carbons (Fsp3) is 0.350. The Morgan fingerprint density at radius 3 is 2.07 bits per heavy atom.